The number of rotatable bonds is 11. The van der Waals surface area contributed by atoms with Gasteiger partial charge in [0.1, 0.15) is 27.2 Å². The van der Waals surface area contributed by atoms with Crippen molar-refractivity contribution in [1.29, 1.82) is 0 Å². The summed E-state index contributed by atoms with van der Waals surface area (Å²) in [5.41, 5.74) is -0.990. The van der Waals surface area contributed by atoms with Gasteiger partial charge in [-0.3, -0.25) is 9.36 Å². The summed E-state index contributed by atoms with van der Waals surface area (Å²) < 4.78 is 21.8. The molecule has 42 heavy (non-hydrogen) atoms. The van der Waals surface area contributed by atoms with E-state index in [2.05, 4.69) is 11.7 Å². The second kappa shape index (κ2) is 12.6. The van der Waals surface area contributed by atoms with Crippen molar-refractivity contribution in [3.63, 3.8) is 0 Å². The number of nitrogens with zero attached hydrogens (tertiary/aromatic N) is 4. The maximum atomic E-state index is 14.2. The fourth-order valence-corrected chi connectivity index (χ4v) is 6.31. The molecule has 1 saturated heterocycles. The highest BCUT2D eigenvalue weighted by Crippen LogP contribution is 2.32. The Morgan fingerprint density at radius 1 is 1.31 bits per heavy atom. The third kappa shape index (κ3) is 5.92. The van der Waals surface area contributed by atoms with Crippen LogP contribution in [0.2, 0.25) is 0 Å². The molecule has 1 fully saturated rings. The number of fused-ring (bicyclic) bond motifs is 1. The number of hydrogen-bond donors (Lipinski definition) is 1. The summed E-state index contributed by atoms with van der Waals surface area (Å²) >= 11 is 1.24. The van der Waals surface area contributed by atoms with E-state index >= 15 is 0 Å². The van der Waals surface area contributed by atoms with Gasteiger partial charge in [0.25, 0.3) is 5.56 Å². The molecule has 0 bridgehead atoms. The molecular weight excluding hydrogens is 560 g/mol. The first-order chi connectivity index (χ1) is 19.9. The van der Waals surface area contributed by atoms with E-state index in [4.69, 9.17) is 14.2 Å². The molecular formula is C30H38N4O7S. The van der Waals surface area contributed by atoms with Crippen LogP contribution in [0.3, 0.4) is 0 Å². The Labute approximate surface area is 247 Å². The van der Waals surface area contributed by atoms with Crippen LogP contribution in [-0.2, 0) is 31.1 Å². The molecule has 0 unspecified atom stereocenters. The summed E-state index contributed by atoms with van der Waals surface area (Å²) in [6.45, 7) is 13.4. The number of methoxy groups -OCH3 is 1. The average molecular weight is 599 g/mol. The molecule has 12 heteroatoms. The number of carboxylic acids is 1. The van der Waals surface area contributed by atoms with Gasteiger partial charge in [0.2, 0.25) is 0 Å². The van der Waals surface area contributed by atoms with E-state index < -0.39 is 28.9 Å². The second-order valence-electron chi connectivity index (χ2n) is 10.9. The predicted molar refractivity (Wildman–Crippen MR) is 162 cm³/mol. The zero-order chi connectivity index (χ0) is 30.8. The lowest BCUT2D eigenvalue weighted by Gasteiger charge is -2.30. The molecule has 4 rings (SSSR count). The maximum Gasteiger partial charge on any atom is 0.333 e. The lowest BCUT2D eigenvalue weighted by Crippen LogP contribution is -2.53. The summed E-state index contributed by atoms with van der Waals surface area (Å²) in [5.74, 6) is -0.822. The van der Waals surface area contributed by atoms with Gasteiger partial charge >= 0.3 is 11.7 Å². The van der Waals surface area contributed by atoms with Crippen LogP contribution in [0.15, 0.2) is 63.7 Å². The van der Waals surface area contributed by atoms with Gasteiger partial charge in [0, 0.05) is 36.7 Å². The van der Waals surface area contributed by atoms with Crippen LogP contribution >= 0.6 is 11.3 Å². The molecule has 1 aliphatic rings. The number of carbonyl (C=O) groups is 1. The van der Waals surface area contributed by atoms with Crippen LogP contribution in [-0.4, -0.2) is 62.5 Å². The minimum atomic E-state index is -1.82. The number of aromatic nitrogens is 4. The Bertz CT molecular complexity index is 1650. The van der Waals surface area contributed by atoms with Crippen LogP contribution in [0.4, 0.5) is 0 Å². The van der Waals surface area contributed by atoms with Crippen LogP contribution in [0, 0.1) is 6.92 Å². The number of aryl methyl sites for hydroxylation is 1. The zero-order valence-corrected chi connectivity index (χ0v) is 25.7. The number of ether oxygens (including phenoxy) is 3. The maximum absolute atomic E-state index is 14.2. The molecule has 1 N–H and O–H groups in total. The third-order valence-electron chi connectivity index (χ3n) is 7.34. The van der Waals surface area contributed by atoms with Gasteiger partial charge in [-0.05, 0) is 59.6 Å². The summed E-state index contributed by atoms with van der Waals surface area (Å²) in [6, 6.07) is 1.76. The molecule has 0 aliphatic carbocycles. The predicted octanol–water partition coefficient (Wildman–Crippen LogP) is 4.16. The summed E-state index contributed by atoms with van der Waals surface area (Å²) in [5, 5.41) is 15.3. The van der Waals surface area contributed by atoms with Gasteiger partial charge in [0.05, 0.1) is 25.1 Å². The number of allylic oxidation sites excluding steroid dienone is 2. The van der Waals surface area contributed by atoms with Crippen molar-refractivity contribution in [3.8, 4) is 5.00 Å². The van der Waals surface area contributed by atoms with E-state index in [9.17, 15) is 19.5 Å². The van der Waals surface area contributed by atoms with Crippen molar-refractivity contribution in [2.45, 2.75) is 71.8 Å². The van der Waals surface area contributed by atoms with Crippen LogP contribution in [0.5, 0.6) is 0 Å². The fourth-order valence-electron chi connectivity index (χ4n) is 5.07. The number of thiophene rings is 1. The summed E-state index contributed by atoms with van der Waals surface area (Å²) in [6.07, 6.45) is 7.39. The van der Waals surface area contributed by atoms with Crippen molar-refractivity contribution in [3.05, 3.63) is 80.5 Å². The van der Waals surface area contributed by atoms with Gasteiger partial charge in [0.15, 0.2) is 0 Å². The largest absolute Gasteiger partial charge is 0.496 e. The number of hydrogen-bond acceptors (Lipinski definition) is 8. The van der Waals surface area contributed by atoms with Crippen LogP contribution < -0.4 is 11.2 Å². The first-order valence-electron chi connectivity index (χ1n) is 13.7. The molecule has 0 aromatic carbocycles. The Morgan fingerprint density at radius 2 is 2.00 bits per heavy atom. The molecule has 11 nitrogen and oxygen atoms in total. The molecule has 3 aromatic rings. The normalized spacial score (nSPS) is 15.8. The standard InChI is InChI=1S/C30H38N4O7S/c1-8-22(39-7)21(16-18(2)3)23(41-20-10-14-40-15-11-20)17-32-27-24(19(4)26(42-27)33-13-9-12-31-33)25(35)34(29(32)38)30(5,6)28(36)37/h8-9,12-13,16,20,23H,1,10-11,14-15,17H2,2-7H3,(H,36,37)/b22-21-/t23-/m0/s1. The third-order valence-corrected chi connectivity index (χ3v) is 8.64. The van der Waals surface area contributed by atoms with Crippen molar-refractivity contribution < 1.29 is 24.1 Å². The first kappa shape index (κ1) is 31.2. The lowest BCUT2D eigenvalue weighted by molar-refractivity contribution is -0.146. The monoisotopic (exact) mass is 598 g/mol. The quantitative estimate of drug-likeness (QED) is 0.258. The SMILES string of the molecule is C=C/C(OC)=C(\C=C(C)C)[C@H](Cn1c(=O)n(C(C)(C)C(=O)O)c(=O)c2c(C)c(-n3cccn3)sc21)OC1CCOCC1. The topological polar surface area (TPSA) is 127 Å². The van der Waals surface area contributed by atoms with Crippen molar-refractivity contribution >= 4 is 27.5 Å². The molecule has 0 spiro atoms. The van der Waals surface area contributed by atoms with Crippen molar-refractivity contribution in [2.75, 3.05) is 20.3 Å². The van der Waals surface area contributed by atoms with E-state index in [1.807, 2.05) is 19.9 Å². The molecule has 0 saturated carbocycles. The minimum Gasteiger partial charge on any atom is -0.496 e. The Morgan fingerprint density at radius 3 is 2.55 bits per heavy atom. The molecule has 3 aromatic heterocycles. The second-order valence-corrected chi connectivity index (χ2v) is 11.9. The van der Waals surface area contributed by atoms with Crippen molar-refractivity contribution in [1.82, 2.24) is 18.9 Å². The average Bonchev–Trinajstić information content (AvgIpc) is 3.59. The van der Waals surface area contributed by atoms with Gasteiger partial charge < -0.3 is 19.3 Å². The molecule has 1 atom stereocenters. The molecule has 1 aliphatic heterocycles. The van der Waals surface area contributed by atoms with E-state index in [1.165, 1.54) is 29.8 Å². The van der Waals surface area contributed by atoms with Gasteiger partial charge in [-0.15, -0.1) is 0 Å². The van der Waals surface area contributed by atoms with E-state index in [0.717, 1.165) is 10.1 Å². The molecule has 0 radical (unpaired) electrons. The molecule has 0 amide bonds. The highest BCUT2D eigenvalue weighted by Gasteiger charge is 2.36. The summed E-state index contributed by atoms with van der Waals surface area (Å²) in [7, 11) is 1.54. The zero-order valence-electron chi connectivity index (χ0n) is 24.9. The molecule has 226 valence electrons. The van der Waals surface area contributed by atoms with Gasteiger partial charge in [-0.1, -0.05) is 29.6 Å². The summed E-state index contributed by atoms with van der Waals surface area (Å²) in [4.78, 5) is 40.9. The fraction of sp³-hybridized carbons (Fsp3) is 0.467. The smallest absolute Gasteiger partial charge is 0.333 e. The first-order valence-corrected chi connectivity index (χ1v) is 14.6. The minimum absolute atomic E-state index is 0.0129. The van der Waals surface area contributed by atoms with E-state index in [1.54, 1.807) is 43.3 Å². The van der Waals surface area contributed by atoms with Crippen molar-refractivity contribution in [2.24, 2.45) is 0 Å². The van der Waals surface area contributed by atoms with Crippen LogP contribution in [0.1, 0.15) is 46.1 Å². The lowest BCUT2D eigenvalue weighted by atomic mass is 10.0. The van der Waals surface area contributed by atoms with Gasteiger partial charge in [-0.2, -0.15) is 5.10 Å². The Hall–Kier alpha value is -3.74. The Balaban J connectivity index is 2.05. The van der Waals surface area contributed by atoms with E-state index in [-0.39, 0.29) is 18.0 Å². The highest BCUT2D eigenvalue weighted by molar-refractivity contribution is 7.21. The highest BCUT2D eigenvalue weighted by atomic mass is 32.1. The van der Waals surface area contributed by atoms with E-state index in [0.29, 0.717) is 52.8 Å². The number of aliphatic carboxylic acids is 1. The number of carboxylic acid groups (broad SMARTS) is 1. The molecule has 4 heterocycles. The Kier molecular flexibility index (Phi) is 9.39. The van der Waals surface area contributed by atoms with Gasteiger partial charge in [-0.25, -0.2) is 18.8 Å². The van der Waals surface area contributed by atoms with Crippen LogP contribution in [0.25, 0.3) is 15.2 Å².